The van der Waals surface area contributed by atoms with Crippen molar-refractivity contribution in [1.82, 2.24) is 0 Å². The Hall–Kier alpha value is -7.32. The fraction of sp³-hybridized carbons (Fsp3) is 0.630. The van der Waals surface area contributed by atoms with Gasteiger partial charge in [-0.2, -0.15) is 0 Å². The third kappa shape index (κ3) is 54.8. The Balaban J connectivity index is 1.01. The quantitative estimate of drug-likeness (QED) is 0.0276. The molecule has 0 bridgehead atoms. The molecule has 0 aliphatic carbocycles. The summed E-state index contributed by atoms with van der Waals surface area (Å²) in [4.78, 5) is 0. The lowest BCUT2D eigenvalue weighted by molar-refractivity contribution is 0.143. The van der Waals surface area contributed by atoms with Crippen LogP contribution in [0.2, 0.25) is 0 Å². The number of hydrogen-bond acceptors (Lipinski definition) is 8. The van der Waals surface area contributed by atoms with E-state index in [9.17, 15) is 0 Å². The molecule has 0 radical (unpaired) electrons. The minimum atomic E-state index is -0.150. The average Bonchev–Trinajstić information content (AvgIpc) is 0.824. The molecule has 6 aromatic carbocycles. The summed E-state index contributed by atoms with van der Waals surface area (Å²) < 4.78 is 53.0. The molecule has 0 saturated heterocycles. The van der Waals surface area contributed by atoms with Gasteiger partial charge in [-0.15, -0.1) is 0 Å². The molecule has 8 heteroatoms. The number of ether oxygens (including phenoxy) is 8. The molecule has 0 heterocycles. The fourth-order valence-electron chi connectivity index (χ4n) is 16.7. The van der Waals surface area contributed by atoms with Crippen molar-refractivity contribution in [3.8, 4) is 46.0 Å². The molecular formula is C119H184O8. The van der Waals surface area contributed by atoms with Crippen LogP contribution in [0.3, 0.4) is 0 Å². The van der Waals surface area contributed by atoms with Gasteiger partial charge < -0.3 is 37.9 Å². The van der Waals surface area contributed by atoms with Crippen molar-refractivity contribution in [2.75, 3.05) is 46.2 Å². The normalized spacial score (nSPS) is 12.0. The molecule has 6 aromatic rings. The van der Waals surface area contributed by atoms with E-state index in [1.807, 2.05) is 24.3 Å². The molecule has 0 unspecified atom stereocenters. The SMILES string of the molecule is CCCCCCCCCCCCOc1cc(/C=C/c2ccc(/C=C/c3ccc(OC[C@@H](C)Oc4ccc(/C=C/c5ccc(/C=C/c6cc(OCCCCCCCCCCCC)c(OCCCCCCCCCCCC)c(OCCCCCCCCCCCC)c6)cc5)cc4)cc3)cc2)cc(OCCCCCCCCCCCC)c1OCCCCCCCCCCCC. The number of benzene rings is 6. The second kappa shape index (κ2) is 76.4. The molecule has 0 aliphatic rings. The molecular weight excluding hydrogens is 1560 g/mol. The number of rotatable bonds is 85. The van der Waals surface area contributed by atoms with E-state index >= 15 is 0 Å². The molecule has 0 aliphatic heterocycles. The maximum atomic E-state index is 6.74. The predicted octanol–water partition coefficient (Wildman–Crippen LogP) is 38.0. The minimum Gasteiger partial charge on any atom is -0.490 e. The molecule has 0 N–H and O–H groups in total. The van der Waals surface area contributed by atoms with Crippen molar-refractivity contribution < 1.29 is 37.9 Å². The lowest BCUT2D eigenvalue weighted by Gasteiger charge is -2.18. The van der Waals surface area contributed by atoms with Gasteiger partial charge in [-0.25, -0.2) is 0 Å². The maximum absolute atomic E-state index is 6.74. The number of hydrogen-bond donors (Lipinski definition) is 0. The van der Waals surface area contributed by atoms with Gasteiger partial charge in [-0.1, -0.05) is 510 Å². The van der Waals surface area contributed by atoms with Crippen LogP contribution < -0.4 is 37.9 Å². The van der Waals surface area contributed by atoms with E-state index < -0.39 is 0 Å². The topological polar surface area (TPSA) is 73.8 Å². The highest BCUT2D eigenvalue weighted by atomic mass is 16.6. The lowest BCUT2D eigenvalue weighted by Crippen LogP contribution is -2.21. The number of unbranched alkanes of at least 4 members (excludes halogenated alkanes) is 54. The summed E-state index contributed by atoms with van der Waals surface area (Å²) in [6, 6.07) is 42.8. The van der Waals surface area contributed by atoms with Crippen LogP contribution in [0.1, 0.15) is 478 Å². The van der Waals surface area contributed by atoms with Gasteiger partial charge in [0.15, 0.2) is 23.0 Å². The van der Waals surface area contributed by atoms with E-state index in [0.717, 1.165) is 129 Å². The highest BCUT2D eigenvalue weighted by Crippen LogP contribution is 2.42. The summed E-state index contributed by atoms with van der Waals surface area (Å²) in [5.41, 5.74) is 8.86. The Morgan fingerprint density at radius 3 is 0.551 bits per heavy atom. The summed E-state index contributed by atoms with van der Waals surface area (Å²) in [5.74, 6) is 6.40. The molecule has 127 heavy (non-hydrogen) atoms. The third-order valence-electron chi connectivity index (χ3n) is 24.9. The molecule has 0 saturated carbocycles. The van der Waals surface area contributed by atoms with Crippen LogP contribution in [0.4, 0.5) is 0 Å². The van der Waals surface area contributed by atoms with Crippen molar-refractivity contribution in [2.24, 2.45) is 0 Å². The van der Waals surface area contributed by atoms with Crippen molar-refractivity contribution in [1.29, 1.82) is 0 Å². The van der Waals surface area contributed by atoms with Gasteiger partial charge in [-0.05, 0) is 138 Å². The van der Waals surface area contributed by atoms with Gasteiger partial charge in [0.2, 0.25) is 11.5 Å². The van der Waals surface area contributed by atoms with E-state index in [2.05, 4.69) is 194 Å². The van der Waals surface area contributed by atoms with Gasteiger partial charge in [0.05, 0.1) is 39.6 Å². The molecule has 0 amide bonds. The van der Waals surface area contributed by atoms with Gasteiger partial charge in [0.25, 0.3) is 0 Å². The molecule has 0 fully saturated rings. The first-order valence-electron chi connectivity index (χ1n) is 53.4. The fourth-order valence-corrected chi connectivity index (χ4v) is 16.7. The van der Waals surface area contributed by atoms with Crippen molar-refractivity contribution in [3.05, 3.63) is 166 Å². The Bertz CT molecular complexity index is 3560. The standard InChI is InChI=1S/C119H184O8/c1-8-14-20-26-32-38-44-50-56-62-92-120-114-98-110(99-115(121-93-63-57-51-45-39-33-27-21-15-9-2)118(114)124-96-66-60-54-48-42-36-30-24-18-12-5)82-80-106-72-68-104(69-73-106)76-78-108-84-88-112(89-85-108)126-102-103(7)127-113-90-86-109(87-91-113)79-77-105-70-74-107(75-71-105)81-83-111-100-116(122-94-64-58-52-46-40-34-28-22-16-10-3)119(125-97-67-61-55-49-43-37-31-25-19-13-6)117(101-111)123-95-65-59-53-47-41-35-29-23-17-11-4/h68-91,98-101,103H,8-67,92-97,102H2,1-7H3/b78-76+,79-77+,82-80+,83-81+/t103-/m1/s1. The van der Waals surface area contributed by atoms with Crippen LogP contribution in [0.15, 0.2) is 121 Å². The monoisotopic (exact) mass is 1740 g/mol. The van der Waals surface area contributed by atoms with Crippen LogP contribution in [-0.4, -0.2) is 52.4 Å². The lowest BCUT2D eigenvalue weighted by atomic mass is 10.1. The molecule has 0 aromatic heterocycles. The average molecular weight is 1740 g/mol. The molecule has 8 nitrogen and oxygen atoms in total. The van der Waals surface area contributed by atoms with Crippen LogP contribution >= 0.6 is 0 Å². The third-order valence-corrected chi connectivity index (χ3v) is 24.9. The second-order valence-corrected chi connectivity index (χ2v) is 36.9. The minimum absolute atomic E-state index is 0.150. The summed E-state index contributed by atoms with van der Waals surface area (Å²) in [5, 5.41) is 0. The highest BCUT2D eigenvalue weighted by Gasteiger charge is 2.19. The summed E-state index contributed by atoms with van der Waals surface area (Å²) >= 11 is 0. The molecule has 0 spiro atoms. The first-order chi connectivity index (χ1) is 62.8. The van der Waals surface area contributed by atoms with Gasteiger partial charge in [-0.3, -0.25) is 0 Å². The van der Waals surface area contributed by atoms with Gasteiger partial charge >= 0.3 is 0 Å². The zero-order chi connectivity index (χ0) is 89.6. The Kier molecular flexibility index (Phi) is 65.2. The van der Waals surface area contributed by atoms with E-state index in [4.69, 9.17) is 37.9 Å². The second-order valence-electron chi connectivity index (χ2n) is 36.9. The van der Waals surface area contributed by atoms with E-state index in [1.165, 1.54) is 347 Å². The molecule has 1 atom stereocenters. The van der Waals surface area contributed by atoms with E-state index in [1.54, 1.807) is 0 Å². The van der Waals surface area contributed by atoms with Crippen LogP contribution in [0, 0.1) is 0 Å². The van der Waals surface area contributed by atoms with Crippen molar-refractivity contribution >= 4 is 48.6 Å². The summed E-state index contributed by atoms with van der Waals surface area (Å²) in [6.45, 7) is 20.3. The Morgan fingerprint density at radius 2 is 0.346 bits per heavy atom. The van der Waals surface area contributed by atoms with Crippen LogP contribution in [0.5, 0.6) is 46.0 Å². The Labute approximate surface area is 779 Å². The van der Waals surface area contributed by atoms with E-state index in [0.29, 0.717) is 46.2 Å². The van der Waals surface area contributed by atoms with Crippen molar-refractivity contribution in [3.63, 3.8) is 0 Å². The van der Waals surface area contributed by atoms with Crippen molar-refractivity contribution in [2.45, 2.75) is 440 Å². The smallest absolute Gasteiger partial charge is 0.203 e. The van der Waals surface area contributed by atoms with E-state index in [-0.39, 0.29) is 6.10 Å². The van der Waals surface area contributed by atoms with Crippen LogP contribution in [-0.2, 0) is 0 Å². The zero-order valence-electron chi connectivity index (χ0n) is 82.4. The first-order valence-corrected chi connectivity index (χ1v) is 53.4. The van der Waals surface area contributed by atoms with Gasteiger partial charge in [0.1, 0.15) is 24.2 Å². The Morgan fingerprint density at radius 1 is 0.181 bits per heavy atom. The van der Waals surface area contributed by atoms with Crippen LogP contribution in [0.25, 0.3) is 48.6 Å². The summed E-state index contributed by atoms with van der Waals surface area (Å²) in [7, 11) is 0. The summed E-state index contributed by atoms with van der Waals surface area (Å²) in [6.07, 6.45) is 95.0. The van der Waals surface area contributed by atoms with Gasteiger partial charge in [0, 0.05) is 0 Å². The molecule has 708 valence electrons. The maximum Gasteiger partial charge on any atom is 0.203 e. The highest BCUT2D eigenvalue weighted by molar-refractivity contribution is 5.76. The largest absolute Gasteiger partial charge is 0.490 e. The predicted molar refractivity (Wildman–Crippen MR) is 554 cm³/mol. The zero-order valence-corrected chi connectivity index (χ0v) is 82.4. The first kappa shape index (κ1) is 108. The molecule has 6 rings (SSSR count).